The molecule has 4 heteroatoms. The average Bonchev–Trinajstić information content (AvgIpc) is 2.30. The first kappa shape index (κ1) is 13.8. The second kappa shape index (κ2) is 5.90. The van der Waals surface area contributed by atoms with Crippen molar-refractivity contribution in [2.75, 3.05) is 0 Å². The number of hydrogen-bond donors (Lipinski definition) is 0. The fourth-order valence-electron chi connectivity index (χ4n) is 1.29. The fraction of sp³-hybridized carbons (Fsp3) is 0.167. The summed E-state index contributed by atoms with van der Waals surface area (Å²) in [6.45, 7) is 3.58. The number of halogens is 2. The van der Waals surface area contributed by atoms with Gasteiger partial charge in [-0.25, -0.2) is 0 Å². The van der Waals surface area contributed by atoms with E-state index in [4.69, 9.17) is 0 Å². The Labute approximate surface area is 121 Å². The Balaban J connectivity index is 3.80. The summed E-state index contributed by atoms with van der Waals surface area (Å²) < 4.78 is 2.03. The summed E-state index contributed by atoms with van der Waals surface area (Å²) in [6, 6.07) is 3.77. The van der Waals surface area contributed by atoms with Crippen LogP contribution in [-0.4, -0.2) is 12.6 Å². The van der Waals surface area contributed by atoms with Crippen molar-refractivity contribution in [3.8, 4) is 0 Å². The lowest BCUT2D eigenvalue weighted by Crippen LogP contribution is -2.21. The third kappa shape index (κ3) is 2.71. The van der Waals surface area contributed by atoms with E-state index in [-0.39, 0.29) is 0 Å². The minimum Gasteiger partial charge on any atom is -0.298 e. The van der Waals surface area contributed by atoms with Crippen molar-refractivity contribution in [3.63, 3.8) is 0 Å². The van der Waals surface area contributed by atoms with E-state index in [0.29, 0.717) is 11.1 Å². The number of benzene rings is 1. The van der Waals surface area contributed by atoms with E-state index in [9.17, 15) is 9.59 Å². The second-order valence-corrected chi connectivity index (χ2v) is 5.55. The molecule has 0 aliphatic heterocycles. The molecule has 0 radical (unpaired) electrons. The highest BCUT2D eigenvalue weighted by atomic mass is 127. The lowest BCUT2D eigenvalue weighted by molar-refractivity contribution is -0.104. The molecule has 0 N–H and O–H groups in total. The first-order chi connectivity index (χ1) is 7.52. The molecule has 16 heavy (non-hydrogen) atoms. The van der Waals surface area contributed by atoms with Gasteiger partial charge in [0.25, 0.3) is 0 Å². The summed E-state index contributed by atoms with van der Waals surface area (Å²) in [5, 5.41) is 1.87. The van der Waals surface area contributed by atoms with Crippen LogP contribution in [0.3, 0.4) is 0 Å². The highest BCUT2D eigenvalue weighted by Gasteiger charge is 2.03. The Morgan fingerprint density at radius 1 is 0.938 bits per heavy atom. The lowest BCUT2D eigenvalue weighted by atomic mass is 10.1. The molecule has 0 spiro atoms. The zero-order chi connectivity index (χ0) is 12.3. The van der Waals surface area contributed by atoms with Crippen molar-refractivity contribution in [2.45, 2.75) is 13.8 Å². The number of carbonyl (C=O) groups excluding carboxylic acids is 2. The van der Waals surface area contributed by atoms with Gasteiger partial charge in [0, 0.05) is 7.14 Å². The third-order valence-electron chi connectivity index (χ3n) is 2.29. The number of hydrogen-bond acceptors (Lipinski definition) is 2. The van der Waals surface area contributed by atoms with Gasteiger partial charge in [-0.05, 0) is 80.6 Å². The lowest BCUT2D eigenvalue weighted by Gasteiger charge is -2.01. The van der Waals surface area contributed by atoms with Gasteiger partial charge in [0.15, 0.2) is 0 Å². The predicted molar refractivity (Wildman–Crippen MR) is 81.4 cm³/mol. The maximum Gasteiger partial charge on any atom is 0.146 e. The molecule has 0 bridgehead atoms. The zero-order valence-corrected chi connectivity index (χ0v) is 13.2. The topological polar surface area (TPSA) is 34.1 Å². The largest absolute Gasteiger partial charge is 0.298 e. The van der Waals surface area contributed by atoms with Gasteiger partial charge >= 0.3 is 0 Å². The van der Waals surface area contributed by atoms with Crippen molar-refractivity contribution in [1.82, 2.24) is 0 Å². The molecular formula is C12H10I2O2. The maximum atomic E-state index is 10.7. The summed E-state index contributed by atoms with van der Waals surface area (Å²) in [4.78, 5) is 21.5. The molecule has 1 rings (SSSR count). The van der Waals surface area contributed by atoms with Gasteiger partial charge in [-0.3, -0.25) is 9.59 Å². The summed E-state index contributed by atoms with van der Waals surface area (Å²) in [5.41, 5.74) is 1.41. The van der Waals surface area contributed by atoms with Crippen molar-refractivity contribution in [2.24, 2.45) is 0 Å². The molecule has 0 aliphatic carbocycles. The Morgan fingerprint density at radius 3 is 1.50 bits per heavy atom. The van der Waals surface area contributed by atoms with Gasteiger partial charge in [0.05, 0.1) is 0 Å². The Hall–Kier alpha value is -0.240. The molecule has 0 amide bonds. The van der Waals surface area contributed by atoms with Gasteiger partial charge < -0.3 is 0 Å². The molecule has 0 aliphatic rings. The standard InChI is InChI=1S/C12H10I2O2/c1-7(5-15)9-3-4-10(8(2)6-16)12(14)11(9)13/h3-6H,1-2H3/b9-7+,10-8+. The van der Waals surface area contributed by atoms with Crippen LogP contribution in [0.5, 0.6) is 0 Å². The Kier molecular flexibility index (Phi) is 5.10. The maximum absolute atomic E-state index is 10.7. The second-order valence-electron chi connectivity index (χ2n) is 3.39. The molecule has 0 fully saturated rings. The Morgan fingerprint density at radius 2 is 1.25 bits per heavy atom. The molecule has 0 saturated heterocycles. The molecule has 0 heterocycles. The first-order valence-corrected chi connectivity index (χ1v) is 6.74. The van der Waals surface area contributed by atoms with Crippen molar-refractivity contribution in [1.29, 1.82) is 0 Å². The SMILES string of the molecule is C/C(C=O)=c1/cc/c(=C(/C)C=O)c(I)c1I. The van der Waals surface area contributed by atoms with Gasteiger partial charge in [-0.2, -0.15) is 0 Å². The van der Waals surface area contributed by atoms with E-state index in [1.54, 1.807) is 13.8 Å². The van der Waals surface area contributed by atoms with Crippen molar-refractivity contribution in [3.05, 3.63) is 29.7 Å². The number of carbonyl (C=O) groups is 2. The van der Waals surface area contributed by atoms with Crippen LogP contribution in [0.2, 0.25) is 0 Å². The summed E-state index contributed by atoms with van der Waals surface area (Å²) in [5.74, 6) is 0. The molecule has 0 atom stereocenters. The Bertz CT molecular complexity index is 508. The highest BCUT2D eigenvalue weighted by molar-refractivity contribution is 14.1. The van der Waals surface area contributed by atoms with Crippen LogP contribution in [0.4, 0.5) is 0 Å². The molecule has 0 aromatic heterocycles. The van der Waals surface area contributed by atoms with Crippen molar-refractivity contribution >= 4 is 68.9 Å². The van der Waals surface area contributed by atoms with E-state index in [1.165, 1.54) is 0 Å². The summed E-state index contributed by atoms with van der Waals surface area (Å²) in [7, 11) is 0. The molecule has 84 valence electrons. The predicted octanol–water partition coefficient (Wildman–Crippen LogP) is 1.63. The average molecular weight is 440 g/mol. The minimum atomic E-state index is 0.706. The fourth-order valence-corrected chi connectivity index (χ4v) is 3.08. The third-order valence-corrected chi connectivity index (χ3v) is 5.56. The first-order valence-electron chi connectivity index (χ1n) is 4.59. The van der Waals surface area contributed by atoms with Gasteiger partial charge in [-0.15, -0.1) is 0 Å². The molecule has 1 aromatic carbocycles. The minimum absolute atomic E-state index is 0.706. The molecular weight excluding hydrogens is 430 g/mol. The van der Waals surface area contributed by atoms with Crippen LogP contribution in [0.15, 0.2) is 12.1 Å². The summed E-state index contributed by atoms with van der Waals surface area (Å²) in [6.07, 6.45) is 1.70. The number of aldehydes is 2. The summed E-state index contributed by atoms with van der Waals surface area (Å²) >= 11 is 4.40. The van der Waals surface area contributed by atoms with Crippen LogP contribution in [-0.2, 0) is 9.59 Å². The van der Waals surface area contributed by atoms with Crippen molar-refractivity contribution < 1.29 is 9.59 Å². The van der Waals surface area contributed by atoms with Gasteiger partial charge in [-0.1, -0.05) is 12.1 Å². The molecule has 0 saturated carbocycles. The number of rotatable bonds is 2. The van der Waals surface area contributed by atoms with E-state index in [1.807, 2.05) is 12.1 Å². The smallest absolute Gasteiger partial charge is 0.146 e. The quantitative estimate of drug-likeness (QED) is 0.518. The molecule has 1 aromatic rings. The monoisotopic (exact) mass is 440 g/mol. The van der Waals surface area contributed by atoms with E-state index in [0.717, 1.165) is 30.1 Å². The molecule has 2 nitrogen and oxygen atoms in total. The van der Waals surface area contributed by atoms with Crippen LogP contribution >= 0.6 is 45.2 Å². The van der Waals surface area contributed by atoms with Crippen LogP contribution in [0.1, 0.15) is 13.8 Å². The van der Waals surface area contributed by atoms with E-state index >= 15 is 0 Å². The normalized spacial score (nSPS) is 14.2. The van der Waals surface area contributed by atoms with Gasteiger partial charge in [0.2, 0.25) is 0 Å². The van der Waals surface area contributed by atoms with E-state index < -0.39 is 0 Å². The zero-order valence-electron chi connectivity index (χ0n) is 8.88. The van der Waals surface area contributed by atoms with Crippen LogP contribution < -0.4 is 10.4 Å². The molecule has 0 unspecified atom stereocenters. The van der Waals surface area contributed by atoms with Gasteiger partial charge in [0.1, 0.15) is 12.6 Å². The van der Waals surface area contributed by atoms with Crippen LogP contribution in [0.25, 0.3) is 11.1 Å². The highest BCUT2D eigenvalue weighted by Crippen LogP contribution is 2.07. The van der Waals surface area contributed by atoms with Crippen LogP contribution in [0, 0.1) is 7.14 Å². The van der Waals surface area contributed by atoms with E-state index in [2.05, 4.69) is 45.2 Å².